The normalized spacial score (nSPS) is 11.9. The van der Waals surface area contributed by atoms with Crippen molar-refractivity contribution in [1.82, 2.24) is 5.32 Å². The van der Waals surface area contributed by atoms with Gasteiger partial charge in [-0.15, -0.1) is 0 Å². The Kier molecular flexibility index (Phi) is 6.92. The summed E-state index contributed by atoms with van der Waals surface area (Å²) in [5.74, 6) is 0.458. The summed E-state index contributed by atoms with van der Waals surface area (Å²) >= 11 is 0. The number of hydrogen-bond donors (Lipinski definition) is 2. The second-order valence-electron chi connectivity index (χ2n) is 4.03. The zero-order valence-corrected chi connectivity index (χ0v) is 11.4. The highest BCUT2D eigenvalue weighted by Crippen LogP contribution is 2.12. The van der Waals surface area contributed by atoms with Gasteiger partial charge in [-0.05, 0) is 31.7 Å². The minimum atomic E-state index is -0.350. The third-order valence-corrected chi connectivity index (χ3v) is 2.70. The van der Waals surface area contributed by atoms with Crippen molar-refractivity contribution in [2.45, 2.75) is 26.0 Å². The van der Waals surface area contributed by atoms with Crippen molar-refractivity contribution in [2.24, 2.45) is 0 Å². The van der Waals surface area contributed by atoms with Crippen LogP contribution < -0.4 is 10.1 Å². The average molecular weight is 267 g/mol. The average Bonchev–Trinajstić information content (AvgIpc) is 2.44. The zero-order valence-electron chi connectivity index (χ0n) is 11.4. The maximum Gasteiger partial charge on any atom is 0.323 e. The lowest BCUT2D eigenvalue weighted by molar-refractivity contribution is -0.145. The van der Waals surface area contributed by atoms with Crippen LogP contribution in [0, 0.1) is 0 Å². The van der Waals surface area contributed by atoms with E-state index < -0.39 is 0 Å². The molecule has 0 aromatic heterocycles. The molecule has 5 heteroatoms. The molecular formula is C14H21NO4. The smallest absolute Gasteiger partial charge is 0.323 e. The maximum atomic E-state index is 11.5. The highest BCUT2D eigenvalue weighted by Gasteiger charge is 2.17. The number of esters is 1. The lowest BCUT2D eigenvalue weighted by atomic mass is 10.2. The molecule has 0 aliphatic carbocycles. The number of benzene rings is 1. The molecule has 19 heavy (non-hydrogen) atoms. The fraction of sp³-hybridized carbons (Fsp3) is 0.500. The Balaban J connectivity index is 2.36. The van der Waals surface area contributed by atoms with Crippen LogP contribution in [-0.2, 0) is 16.1 Å². The number of ether oxygens (including phenoxy) is 2. The van der Waals surface area contributed by atoms with Crippen molar-refractivity contribution < 1.29 is 19.4 Å². The Morgan fingerprint density at radius 3 is 2.58 bits per heavy atom. The molecule has 0 saturated carbocycles. The molecule has 0 aliphatic rings. The number of hydrogen-bond acceptors (Lipinski definition) is 5. The van der Waals surface area contributed by atoms with E-state index in [1.165, 1.54) is 0 Å². The number of rotatable bonds is 8. The summed E-state index contributed by atoms with van der Waals surface area (Å²) < 4.78 is 10.5. The van der Waals surface area contributed by atoms with Gasteiger partial charge < -0.3 is 19.9 Å². The standard InChI is InChI=1S/C14H21NO4/c1-3-18-14(17)13(15-2)8-9-19-12-6-4-11(10-16)5-7-12/h4-7,13,15-16H,3,8-10H2,1-2H3. The number of aliphatic hydroxyl groups excluding tert-OH is 1. The molecule has 1 unspecified atom stereocenters. The van der Waals surface area contributed by atoms with Crippen molar-refractivity contribution in [2.75, 3.05) is 20.3 Å². The largest absolute Gasteiger partial charge is 0.494 e. The van der Waals surface area contributed by atoms with Crippen molar-refractivity contribution in [1.29, 1.82) is 0 Å². The molecule has 0 amide bonds. The molecule has 1 rings (SSSR count). The van der Waals surface area contributed by atoms with Gasteiger partial charge in [0.1, 0.15) is 11.8 Å². The highest BCUT2D eigenvalue weighted by molar-refractivity contribution is 5.75. The third kappa shape index (κ3) is 5.28. The van der Waals surface area contributed by atoms with Gasteiger partial charge in [-0.2, -0.15) is 0 Å². The third-order valence-electron chi connectivity index (χ3n) is 2.70. The molecule has 0 bridgehead atoms. The van der Waals surface area contributed by atoms with E-state index in [1.54, 1.807) is 38.2 Å². The first kappa shape index (κ1) is 15.5. The van der Waals surface area contributed by atoms with Crippen LogP contribution in [0.1, 0.15) is 18.9 Å². The van der Waals surface area contributed by atoms with E-state index in [2.05, 4.69) is 5.32 Å². The first-order valence-electron chi connectivity index (χ1n) is 6.37. The van der Waals surface area contributed by atoms with Crippen LogP contribution in [0.4, 0.5) is 0 Å². The summed E-state index contributed by atoms with van der Waals surface area (Å²) in [6.07, 6.45) is 0.539. The van der Waals surface area contributed by atoms with E-state index in [0.717, 1.165) is 11.3 Å². The van der Waals surface area contributed by atoms with E-state index in [-0.39, 0.29) is 18.6 Å². The lowest BCUT2D eigenvalue weighted by Gasteiger charge is -2.15. The van der Waals surface area contributed by atoms with Crippen LogP contribution in [0.3, 0.4) is 0 Å². The molecule has 0 heterocycles. The first-order valence-corrected chi connectivity index (χ1v) is 6.37. The predicted octanol–water partition coefficient (Wildman–Crippen LogP) is 1.10. The molecule has 1 aromatic carbocycles. The molecule has 0 aliphatic heterocycles. The summed E-state index contributed by atoms with van der Waals surface area (Å²) in [4.78, 5) is 11.5. The summed E-state index contributed by atoms with van der Waals surface area (Å²) in [6.45, 7) is 2.60. The Hall–Kier alpha value is -1.59. The van der Waals surface area contributed by atoms with Crippen LogP contribution in [0.15, 0.2) is 24.3 Å². The van der Waals surface area contributed by atoms with Crippen LogP contribution in [0.5, 0.6) is 5.75 Å². The maximum absolute atomic E-state index is 11.5. The second-order valence-corrected chi connectivity index (χ2v) is 4.03. The molecule has 0 radical (unpaired) electrons. The lowest BCUT2D eigenvalue weighted by Crippen LogP contribution is -2.36. The van der Waals surface area contributed by atoms with E-state index in [1.807, 2.05) is 0 Å². The van der Waals surface area contributed by atoms with Crippen molar-refractivity contribution >= 4 is 5.97 Å². The van der Waals surface area contributed by atoms with E-state index >= 15 is 0 Å². The number of likely N-dealkylation sites (N-methyl/N-ethyl adjacent to an activating group) is 1. The van der Waals surface area contributed by atoms with Gasteiger partial charge in [0.25, 0.3) is 0 Å². The van der Waals surface area contributed by atoms with Gasteiger partial charge >= 0.3 is 5.97 Å². The van der Waals surface area contributed by atoms with Gasteiger partial charge in [0.15, 0.2) is 0 Å². The Morgan fingerprint density at radius 1 is 1.37 bits per heavy atom. The van der Waals surface area contributed by atoms with E-state index in [0.29, 0.717) is 19.6 Å². The Bertz CT molecular complexity index is 378. The molecular weight excluding hydrogens is 246 g/mol. The molecule has 2 N–H and O–H groups in total. The molecule has 5 nitrogen and oxygen atoms in total. The van der Waals surface area contributed by atoms with Gasteiger partial charge in [-0.1, -0.05) is 12.1 Å². The number of nitrogens with one attached hydrogen (secondary N) is 1. The molecule has 0 saturated heterocycles. The molecule has 0 spiro atoms. The SMILES string of the molecule is CCOC(=O)C(CCOc1ccc(CO)cc1)NC. The zero-order chi connectivity index (χ0) is 14.1. The number of carbonyl (C=O) groups excluding carboxylic acids is 1. The van der Waals surface area contributed by atoms with Crippen LogP contribution >= 0.6 is 0 Å². The fourth-order valence-electron chi connectivity index (χ4n) is 1.61. The van der Waals surface area contributed by atoms with Gasteiger partial charge in [-0.25, -0.2) is 0 Å². The molecule has 1 atom stereocenters. The van der Waals surface area contributed by atoms with Gasteiger partial charge in [0.05, 0.1) is 19.8 Å². The van der Waals surface area contributed by atoms with Crippen LogP contribution in [0.2, 0.25) is 0 Å². The Labute approximate surface area is 113 Å². The molecule has 0 fully saturated rings. The summed E-state index contributed by atoms with van der Waals surface area (Å²) in [5.41, 5.74) is 0.840. The number of carbonyl (C=O) groups is 1. The predicted molar refractivity (Wildman–Crippen MR) is 72.0 cm³/mol. The van der Waals surface area contributed by atoms with Crippen molar-refractivity contribution in [3.05, 3.63) is 29.8 Å². The topological polar surface area (TPSA) is 67.8 Å². The Morgan fingerprint density at radius 2 is 2.05 bits per heavy atom. The summed E-state index contributed by atoms with van der Waals surface area (Å²) in [6, 6.07) is 6.85. The van der Waals surface area contributed by atoms with Crippen molar-refractivity contribution in [3.63, 3.8) is 0 Å². The minimum absolute atomic E-state index is 0.0188. The molecule has 106 valence electrons. The first-order chi connectivity index (χ1) is 9.21. The monoisotopic (exact) mass is 267 g/mol. The van der Waals surface area contributed by atoms with Gasteiger partial charge in [0, 0.05) is 6.42 Å². The fourth-order valence-corrected chi connectivity index (χ4v) is 1.61. The summed E-state index contributed by atoms with van der Waals surface area (Å²) in [7, 11) is 1.72. The highest BCUT2D eigenvalue weighted by atomic mass is 16.5. The second kappa shape index (κ2) is 8.50. The van der Waals surface area contributed by atoms with E-state index in [9.17, 15) is 4.79 Å². The van der Waals surface area contributed by atoms with Crippen molar-refractivity contribution in [3.8, 4) is 5.75 Å². The van der Waals surface area contributed by atoms with Gasteiger partial charge in [-0.3, -0.25) is 4.79 Å². The van der Waals surface area contributed by atoms with Crippen LogP contribution in [0.25, 0.3) is 0 Å². The van der Waals surface area contributed by atoms with E-state index in [4.69, 9.17) is 14.6 Å². The quantitative estimate of drug-likeness (QED) is 0.690. The minimum Gasteiger partial charge on any atom is -0.494 e. The molecule has 1 aromatic rings. The summed E-state index contributed by atoms with van der Waals surface area (Å²) in [5, 5.41) is 11.8. The van der Waals surface area contributed by atoms with Crippen LogP contribution in [-0.4, -0.2) is 37.4 Å². The van der Waals surface area contributed by atoms with Gasteiger partial charge in [0.2, 0.25) is 0 Å². The number of aliphatic hydroxyl groups is 1.